The molecule has 0 aliphatic heterocycles. The van der Waals surface area contributed by atoms with Crippen LogP contribution in [0.3, 0.4) is 0 Å². The Labute approximate surface area is 148 Å². The lowest BCUT2D eigenvalue weighted by Crippen LogP contribution is -2.30. The molecule has 6 nitrogen and oxygen atoms in total. The highest BCUT2D eigenvalue weighted by Crippen LogP contribution is 2.39. The third kappa shape index (κ3) is 5.12. The summed E-state index contributed by atoms with van der Waals surface area (Å²) in [5.74, 6) is 1.19. The van der Waals surface area contributed by atoms with Gasteiger partial charge in [0.15, 0.2) is 11.5 Å². The Bertz CT molecular complexity index is 664. The lowest BCUT2D eigenvalue weighted by molar-refractivity contribution is 0.0953. The van der Waals surface area contributed by atoms with Crippen LogP contribution in [0.5, 0.6) is 17.2 Å². The fraction of sp³-hybridized carbons (Fsp3) is 0.316. The summed E-state index contributed by atoms with van der Waals surface area (Å²) in [7, 11) is 4.90. The van der Waals surface area contributed by atoms with Crippen molar-refractivity contribution in [3.05, 3.63) is 53.6 Å². The van der Waals surface area contributed by atoms with Gasteiger partial charge in [-0.05, 0) is 24.7 Å². The molecule has 0 atom stereocenters. The summed E-state index contributed by atoms with van der Waals surface area (Å²) >= 11 is 0. The van der Waals surface area contributed by atoms with Crippen LogP contribution in [0.1, 0.15) is 15.9 Å². The lowest BCUT2D eigenvalue weighted by atomic mass is 10.1. The molecule has 0 aliphatic rings. The van der Waals surface area contributed by atoms with E-state index in [0.29, 0.717) is 42.5 Å². The Morgan fingerprint density at radius 3 is 2.20 bits per heavy atom. The third-order valence-electron chi connectivity index (χ3n) is 3.61. The minimum atomic E-state index is -0.193. The Balaban J connectivity index is 2.20. The van der Waals surface area contributed by atoms with Crippen LogP contribution in [0.4, 0.5) is 0 Å². The molecule has 2 aromatic carbocycles. The Kier molecular flexibility index (Phi) is 7.10. The highest BCUT2D eigenvalue weighted by molar-refractivity contribution is 5.95. The molecular formula is C19H24N2O4. The molecule has 0 saturated heterocycles. The van der Waals surface area contributed by atoms with Crippen molar-refractivity contribution in [1.82, 2.24) is 10.6 Å². The number of rotatable bonds is 9. The Hall–Kier alpha value is -2.73. The molecule has 0 aliphatic carbocycles. The van der Waals surface area contributed by atoms with Gasteiger partial charge in [0.2, 0.25) is 5.75 Å². The predicted octanol–water partition coefficient (Wildman–Crippen LogP) is 2.23. The zero-order chi connectivity index (χ0) is 18.1. The number of carbonyl (C=O) groups excluding carboxylic acids is 1. The zero-order valence-electron chi connectivity index (χ0n) is 14.8. The summed E-state index contributed by atoms with van der Waals surface area (Å²) in [4.78, 5) is 12.3. The van der Waals surface area contributed by atoms with E-state index in [1.165, 1.54) is 14.2 Å². The van der Waals surface area contributed by atoms with Crippen molar-refractivity contribution in [1.29, 1.82) is 0 Å². The van der Waals surface area contributed by atoms with Crippen LogP contribution in [-0.4, -0.2) is 40.3 Å². The first-order chi connectivity index (χ1) is 12.2. The van der Waals surface area contributed by atoms with Gasteiger partial charge >= 0.3 is 0 Å². The highest BCUT2D eigenvalue weighted by atomic mass is 16.5. The number of ether oxygens (including phenoxy) is 3. The highest BCUT2D eigenvalue weighted by Gasteiger charge is 2.17. The zero-order valence-corrected chi connectivity index (χ0v) is 14.8. The standard InChI is InChI=1S/C19H24N2O4/c1-20-9-10-21-19(22)15-11-16(23-2)18(17(12-15)24-3)25-13-14-7-5-4-6-8-14/h4-8,11-12,20H,9-10,13H2,1-3H3,(H,21,22). The summed E-state index contributed by atoms with van der Waals surface area (Å²) in [5.41, 5.74) is 1.48. The van der Waals surface area contributed by atoms with Gasteiger partial charge in [-0.15, -0.1) is 0 Å². The van der Waals surface area contributed by atoms with Crippen molar-refractivity contribution in [2.75, 3.05) is 34.4 Å². The molecule has 0 radical (unpaired) electrons. The maximum Gasteiger partial charge on any atom is 0.251 e. The topological polar surface area (TPSA) is 68.8 Å². The van der Waals surface area contributed by atoms with Crippen LogP contribution in [0.15, 0.2) is 42.5 Å². The average molecular weight is 344 g/mol. The first kappa shape index (κ1) is 18.6. The maximum absolute atomic E-state index is 12.3. The SMILES string of the molecule is CNCCNC(=O)c1cc(OC)c(OCc2ccccc2)c(OC)c1. The molecule has 0 fully saturated rings. The fourth-order valence-electron chi connectivity index (χ4n) is 2.29. The summed E-state index contributed by atoms with van der Waals surface area (Å²) in [5, 5.41) is 5.80. The van der Waals surface area contributed by atoms with Crippen LogP contribution in [0, 0.1) is 0 Å². The molecule has 2 aromatic rings. The van der Waals surface area contributed by atoms with Gasteiger partial charge in [-0.2, -0.15) is 0 Å². The molecule has 134 valence electrons. The molecule has 0 bridgehead atoms. The molecule has 0 saturated carbocycles. The number of likely N-dealkylation sites (N-methyl/N-ethyl adjacent to an activating group) is 1. The average Bonchev–Trinajstić information content (AvgIpc) is 2.66. The van der Waals surface area contributed by atoms with Crippen LogP contribution >= 0.6 is 0 Å². The van der Waals surface area contributed by atoms with Crippen molar-refractivity contribution in [3.8, 4) is 17.2 Å². The van der Waals surface area contributed by atoms with E-state index in [9.17, 15) is 4.79 Å². The van der Waals surface area contributed by atoms with Gasteiger partial charge in [0.1, 0.15) is 6.61 Å². The minimum absolute atomic E-state index is 0.193. The lowest BCUT2D eigenvalue weighted by Gasteiger charge is -2.16. The third-order valence-corrected chi connectivity index (χ3v) is 3.61. The molecule has 0 heterocycles. The number of methoxy groups -OCH3 is 2. The molecule has 6 heteroatoms. The summed E-state index contributed by atoms with van der Waals surface area (Å²) in [6.07, 6.45) is 0. The van der Waals surface area contributed by atoms with Gasteiger partial charge < -0.3 is 24.8 Å². The fourth-order valence-corrected chi connectivity index (χ4v) is 2.29. The van der Waals surface area contributed by atoms with E-state index in [1.807, 2.05) is 37.4 Å². The monoisotopic (exact) mass is 344 g/mol. The normalized spacial score (nSPS) is 10.2. The van der Waals surface area contributed by atoms with Gasteiger partial charge in [0, 0.05) is 18.7 Å². The molecule has 2 N–H and O–H groups in total. The summed E-state index contributed by atoms with van der Waals surface area (Å²) in [6.45, 7) is 1.60. The van der Waals surface area contributed by atoms with Crippen LogP contribution in [0.25, 0.3) is 0 Å². The van der Waals surface area contributed by atoms with Gasteiger partial charge in [0.25, 0.3) is 5.91 Å². The summed E-state index contributed by atoms with van der Waals surface area (Å²) < 4.78 is 16.7. The number of benzene rings is 2. The van der Waals surface area contributed by atoms with Crippen molar-refractivity contribution in [2.24, 2.45) is 0 Å². The van der Waals surface area contributed by atoms with Crippen LogP contribution < -0.4 is 24.8 Å². The van der Waals surface area contributed by atoms with Gasteiger partial charge in [0.05, 0.1) is 14.2 Å². The van der Waals surface area contributed by atoms with Crippen LogP contribution in [0.2, 0.25) is 0 Å². The maximum atomic E-state index is 12.3. The van der Waals surface area contributed by atoms with Crippen molar-refractivity contribution in [3.63, 3.8) is 0 Å². The molecule has 0 spiro atoms. The smallest absolute Gasteiger partial charge is 0.251 e. The van der Waals surface area contributed by atoms with Gasteiger partial charge in [-0.3, -0.25) is 4.79 Å². The van der Waals surface area contributed by atoms with E-state index in [-0.39, 0.29) is 5.91 Å². The number of amides is 1. The second-order valence-electron chi connectivity index (χ2n) is 5.34. The van der Waals surface area contributed by atoms with Crippen molar-refractivity contribution >= 4 is 5.91 Å². The Morgan fingerprint density at radius 1 is 1.00 bits per heavy atom. The van der Waals surface area contributed by atoms with E-state index in [2.05, 4.69) is 10.6 Å². The second kappa shape index (κ2) is 9.54. The molecule has 25 heavy (non-hydrogen) atoms. The van der Waals surface area contributed by atoms with Gasteiger partial charge in [-0.25, -0.2) is 0 Å². The van der Waals surface area contributed by atoms with Crippen molar-refractivity contribution in [2.45, 2.75) is 6.61 Å². The van der Waals surface area contributed by atoms with Crippen molar-refractivity contribution < 1.29 is 19.0 Å². The number of nitrogens with one attached hydrogen (secondary N) is 2. The van der Waals surface area contributed by atoms with Crippen LogP contribution in [-0.2, 0) is 6.61 Å². The van der Waals surface area contributed by atoms with E-state index < -0.39 is 0 Å². The largest absolute Gasteiger partial charge is 0.493 e. The van der Waals surface area contributed by atoms with Gasteiger partial charge in [-0.1, -0.05) is 30.3 Å². The first-order valence-corrected chi connectivity index (χ1v) is 8.05. The predicted molar refractivity (Wildman–Crippen MR) is 96.6 cm³/mol. The molecule has 2 rings (SSSR count). The molecular weight excluding hydrogens is 320 g/mol. The molecule has 1 amide bonds. The number of hydrogen-bond donors (Lipinski definition) is 2. The first-order valence-electron chi connectivity index (χ1n) is 8.05. The number of hydrogen-bond acceptors (Lipinski definition) is 5. The van der Waals surface area contributed by atoms with E-state index in [4.69, 9.17) is 14.2 Å². The summed E-state index contributed by atoms with van der Waals surface area (Å²) in [6, 6.07) is 13.1. The number of carbonyl (C=O) groups is 1. The molecule has 0 aromatic heterocycles. The minimum Gasteiger partial charge on any atom is -0.493 e. The van der Waals surface area contributed by atoms with E-state index >= 15 is 0 Å². The van der Waals surface area contributed by atoms with E-state index in [1.54, 1.807) is 12.1 Å². The van der Waals surface area contributed by atoms with E-state index in [0.717, 1.165) is 5.56 Å². The second-order valence-corrected chi connectivity index (χ2v) is 5.34. The molecule has 0 unspecified atom stereocenters. The quantitative estimate of drug-likeness (QED) is 0.683. The Morgan fingerprint density at radius 2 is 1.64 bits per heavy atom.